The normalized spacial score (nSPS) is 11.2. The first-order valence-electron chi connectivity index (χ1n) is 10.0. The van der Waals surface area contributed by atoms with Gasteiger partial charge in [0.2, 0.25) is 0 Å². The fourth-order valence-electron chi connectivity index (χ4n) is 3.19. The Balaban J connectivity index is 1.57. The number of ether oxygens (including phenoxy) is 2. The first kappa shape index (κ1) is 22.8. The van der Waals surface area contributed by atoms with E-state index in [9.17, 15) is 18.0 Å². The van der Waals surface area contributed by atoms with Crippen molar-refractivity contribution in [2.24, 2.45) is 0 Å². The molecule has 1 heterocycles. The van der Waals surface area contributed by atoms with Gasteiger partial charge in [-0.25, -0.2) is 4.68 Å². The summed E-state index contributed by atoms with van der Waals surface area (Å²) in [5, 5.41) is 7.06. The number of nitrogens with zero attached hydrogens (tertiary/aromatic N) is 3. The highest BCUT2D eigenvalue weighted by atomic mass is 19.4. The summed E-state index contributed by atoms with van der Waals surface area (Å²) in [5.41, 5.74) is 1.27. The van der Waals surface area contributed by atoms with Gasteiger partial charge in [-0.2, -0.15) is 18.2 Å². The zero-order valence-electron chi connectivity index (χ0n) is 18.1. The molecule has 0 aliphatic heterocycles. The van der Waals surface area contributed by atoms with E-state index in [0.717, 1.165) is 12.1 Å². The molecule has 0 atom stereocenters. The number of rotatable bonds is 6. The summed E-state index contributed by atoms with van der Waals surface area (Å²) in [4.78, 5) is 16.7. The standard InChI is InChI=1S/C24H19F3N4O3/c1-33-20-13-5-16(6-14-20)22(32)28-18-9-11-19(12-10-18)31-21(29-23(30-31)34-2)15-3-7-17(8-4-15)24(25,26)27/h3-14H,1-2H3,(H,28,32). The monoisotopic (exact) mass is 468 g/mol. The Bertz CT molecular complexity index is 1280. The third kappa shape index (κ3) is 4.85. The molecule has 0 fully saturated rings. The number of amides is 1. The van der Waals surface area contributed by atoms with Gasteiger partial charge in [-0.15, -0.1) is 5.10 Å². The number of carbonyl (C=O) groups is 1. The molecule has 0 bridgehead atoms. The van der Waals surface area contributed by atoms with Crippen molar-refractivity contribution in [2.45, 2.75) is 6.18 Å². The van der Waals surface area contributed by atoms with Crippen molar-refractivity contribution >= 4 is 11.6 Å². The lowest BCUT2D eigenvalue weighted by molar-refractivity contribution is -0.137. The van der Waals surface area contributed by atoms with E-state index in [2.05, 4.69) is 15.4 Å². The van der Waals surface area contributed by atoms with Gasteiger partial charge < -0.3 is 14.8 Å². The number of aromatic nitrogens is 3. The van der Waals surface area contributed by atoms with Gasteiger partial charge in [0.25, 0.3) is 5.91 Å². The smallest absolute Gasteiger partial charge is 0.416 e. The molecule has 0 aliphatic rings. The summed E-state index contributed by atoms with van der Waals surface area (Å²) in [7, 11) is 2.94. The van der Waals surface area contributed by atoms with Crippen LogP contribution in [0.3, 0.4) is 0 Å². The molecular weight excluding hydrogens is 449 g/mol. The minimum atomic E-state index is -4.43. The van der Waals surface area contributed by atoms with Crippen molar-refractivity contribution < 1.29 is 27.4 Å². The minimum Gasteiger partial charge on any atom is -0.497 e. The largest absolute Gasteiger partial charge is 0.497 e. The SMILES string of the molecule is COc1ccc(C(=O)Nc2ccc(-n3nc(OC)nc3-c3ccc(C(F)(F)F)cc3)cc2)cc1. The fourth-order valence-corrected chi connectivity index (χ4v) is 3.19. The molecule has 3 aromatic carbocycles. The van der Waals surface area contributed by atoms with E-state index >= 15 is 0 Å². The van der Waals surface area contributed by atoms with E-state index in [-0.39, 0.29) is 11.9 Å². The van der Waals surface area contributed by atoms with Crippen LogP contribution in [-0.2, 0) is 6.18 Å². The summed E-state index contributed by atoms with van der Waals surface area (Å²) in [5.74, 6) is 0.664. The number of methoxy groups -OCH3 is 2. The number of hydrogen-bond donors (Lipinski definition) is 1. The highest BCUT2D eigenvalue weighted by molar-refractivity contribution is 6.04. The van der Waals surface area contributed by atoms with E-state index in [1.54, 1.807) is 55.6 Å². The van der Waals surface area contributed by atoms with Crippen LogP contribution >= 0.6 is 0 Å². The van der Waals surface area contributed by atoms with E-state index in [1.807, 2.05) is 0 Å². The maximum Gasteiger partial charge on any atom is 0.416 e. The molecule has 0 saturated heterocycles. The zero-order valence-corrected chi connectivity index (χ0v) is 18.1. The Morgan fingerprint density at radius 1 is 0.882 bits per heavy atom. The average Bonchev–Trinajstić information content (AvgIpc) is 3.29. The number of alkyl halides is 3. The molecule has 1 amide bonds. The van der Waals surface area contributed by atoms with E-state index in [1.165, 1.54) is 23.9 Å². The number of carbonyl (C=O) groups excluding carboxylic acids is 1. The van der Waals surface area contributed by atoms with Crippen LogP contribution in [0.15, 0.2) is 72.8 Å². The number of hydrogen-bond acceptors (Lipinski definition) is 5. The molecular formula is C24H19F3N4O3. The van der Waals surface area contributed by atoms with Crippen LogP contribution < -0.4 is 14.8 Å². The van der Waals surface area contributed by atoms with Gasteiger partial charge in [-0.1, -0.05) is 12.1 Å². The van der Waals surface area contributed by atoms with E-state index in [4.69, 9.17) is 9.47 Å². The van der Waals surface area contributed by atoms with Crippen molar-refractivity contribution in [3.05, 3.63) is 83.9 Å². The molecule has 1 aromatic heterocycles. The molecule has 0 saturated carbocycles. The van der Waals surface area contributed by atoms with Gasteiger partial charge in [0.15, 0.2) is 5.82 Å². The lowest BCUT2D eigenvalue weighted by atomic mass is 10.1. The zero-order chi connectivity index (χ0) is 24.3. The van der Waals surface area contributed by atoms with Crippen LogP contribution in [0.5, 0.6) is 11.8 Å². The summed E-state index contributed by atoms with van der Waals surface area (Å²) in [6, 6.07) is 18.1. The van der Waals surface area contributed by atoms with Crippen LogP contribution in [0.1, 0.15) is 15.9 Å². The van der Waals surface area contributed by atoms with Gasteiger partial charge in [-0.3, -0.25) is 4.79 Å². The summed E-state index contributed by atoms with van der Waals surface area (Å²) < 4.78 is 50.4. The molecule has 7 nitrogen and oxygen atoms in total. The highest BCUT2D eigenvalue weighted by Gasteiger charge is 2.30. The topological polar surface area (TPSA) is 78.3 Å². The Hall–Kier alpha value is -4.34. The van der Waals surface area contributed by atoms with Gasteiger partial charge in [0, 0.05) is 16.8 Å². The van der Waals surface area contributed by atoms with Crippen molar-refractivity contribution in [3.63, 3.8) is 0 Å². The Morgan fingerprint density at radius 3 is 2.09 bits per heavy atom. The van der Waals surface area contributed by atoms with Crippen molar-refractivity contribution in [1.29, 1.82) is 0 Å². The van der Waals surface area contributed by atoms with Gasteiger partial charge >= 0.3 is 12.2 Å². The molecule has 1 N–H and O–H groups in total. The number of anilines is 1. The van der Waals surface area contributed by atoms with Gasteiger partial charge in [-0.05, 0) is 60.7 Å². The second-order valence-corrected chi connectivity index (χ2v) is 7.14. The third-order valence-corrected chi connectivity index (χ3v) is 4.96. The molecule has 0 unspecified atom stereocenters. The number of benzene rings is 3. The van der Waals surface area contributed by atoms with Gasteiger partial charge in [0.1, 0.15) is 5.75 Å². The lowest BCUT2D eigenvalue weighted by Gasteiger charge is -2.10. The summed E-state index contributed by atoms with van der Waals surface area (Å²) >= 11 is 0. The second kappa shape index (κ2) is 9.26. The quantitative estimate of drug-likeness (QED) is 0.420. The predicted molar refractivity (Wildman–Crippen MR) is 119 cm³/mol. The molecule has 0 radical (unpaired) electrons. The Morgan fingerprint density at radius 2 is 1.53 bits per heavy atom. The van der Waals surface area contributed by atoms with Gasteiger partial charge in [0.05, 0.1) is 25.5 Å². The van der Waals surface area contributed by atoms with Crippen LogP contribution in [0.4, 0.5) is 18.9 Å². The Kier molecular flexibility index (Phi) is 6.22. The molecule has 0 spiro atoms. The fraction of sp³-hybridized carbons (Fsp3) is 0.125. The first-order valence-corrected chi connectivity index (χ1v) is 10.0. The van der Waals surface area contributed by atoms with Crippen molar-refractivity contribution in [1.82, 2.24) is 14.8 Å². The highest BCUT2D eigenvalue weighted by Crippen LogP contribution is 2.31. The van der Waals surface area contributed by atoms with Crippen molar-refractivity contribution in [3.8, 4) is 28.8 Å². The summed E-state index contributed by atoms with van der Waals surface area (Å²) in [6.45, 7) is 0. The minimum absolute atomic E-state index is 0.0618. The van der Waals surface area contributed by atoms with E-state index < -0.39 is 11.7 Å². The first-order chi connectivity index (χ1) is 16.3. The predicted octanol–water partition coefficient (Wildman–Crippen LogP) is 5.22. The second-order valence-electron chi connectivity index (χ2n) is 7.14. The summed E-state index contributed by atoms with van der Waals surface area (Å²) in [6.07, 6.45) is -4.43. The van der Waals surface area contributed by atoms with Crippen LogP contribution in [0.2, 0.25) is 0 Å². The molecule has 10 heteroatoms. The number of nitrogens with one attached hydrogen (secondary N) is 1. The van der Waals surface area contributed by atoms with Crippen LogP contribution in [0.25, 0.3) is 17.1 Å². The molecule has 0 aliphatic carbocycles. The molecule has 34 heavy (non-hydrogen) atoms. The molecule has 174 valence electrons. The van der Waals surface area contributed by atoms with Crippen LogP contribution in [0, 0.1) is 0 Å². The van der Waals surface area contributed by atoms with Crippen LogP contribution in [-0.4, -0.2) is 34.9 Å². The van der Waals surface area contributed by atoms with E-state index in [0.29, 0.717) is 34.1 Å². The van der Waals surface area contributed by atoms with Crippen molar-refractivity contribution in [2.75, 3.05) is 19.5 Å². The number of halogens is 3. The average molecular weight is 468 g/mol. The molecule has 4 rings (SSSR count). The maximum atomic E-state index is 12.9. The lowest BCUT2D eigenvalue weighted by Crippen LogP contribution is -2.11. The third-order valence-electron chi connectivity index (χ3n) is 4.96. The molecule has 4 aromatic rings. The Labute approximate surface area is 192 Å². The maximum absolute atomic E-state index is 12.9.